The first kappa shape index (κ1) is 13.0. The zero-order chi connectivity index (χ0) is 13.5. The molecule has 1 saturated heterocycles. The summed E-state index contributed by atoms with van der Waals surface area (Å²) in [7, 11) is 0. The predicted molar refractivity (Wildman–Crippen MR) is 62.3 cm³/mol. The number of hydrogen-bond acceptors (Lipinski definition) is 5. The molecule has 2 heterocycles. The van der Waals surface area contributed by atoms with Gasteiger partial charge in [0, 0.05) is 18.2 Å². The van der Waals surface area contributed by atoms with Crippen molar-refractivity contribution in [2.24, 2.45) is 0 Å². The molecule has 100 valence electrons. The van der Waals surface area contributed by atoms with Crippen molar-refractivity contribution >= 4 is 0 Å². The Morgan fingerprint density at radius 2 is 2.28 bits per heavy atom. The van der Waals surface area contributed by atoms with Crippen LogP contribution in [0.5, 0.6) is 0 Å². The molecule has 18 heavy (non-hydrogen) atoms. The Hall–Kier alpha value is -1.44. The third kappa shape index (κ3) is 2.12. The molecule has 0 bridgehead atoms. The lowest BCUT2D eigenvalue weighted by molar-refractivity contribution is -0.0753. The van der Waals surface area contributed by atoms with Gasteiger partial charge in [-0.2, -0.15) is 0 Å². The minimum absolute atomic E-state index is 0.170. The molecule has 0 saturated carbocycles. The number of aromatic nitrogens is 2. The zero-order valence-electron chi connectivity index (χ0n) is 10.2. The fourth-order valence-electron chi connectivity index (χ4n) is 2.07. The number of ether oxygens (including phenoxy) is 1. The second-order valence-corrected chi connectivity index (χ2v) is 4.80. The van der Waals surface area contributed by atoms with Crippen LogP contribution in [-0.2, 0) is 4.74 Å². The van der Waals surface area contributed by atoms with E-state index in [1.54, 1.807) is 6.92 Å². The van der Waals surface area contributed by atoms with Gasteiger partial charge in [-0.15, -0.1) is 0 Å². The molecule has 7 heteroatoms. The van der Waals surface area contributed by atoms with Crippen LogP contribution in [0.4, 0.5) is 0 Å². The quantitative estimate of drug-likeness (QED) is 0.621. The molecule has 1 aliphatic rings. The van der Waals surface area contributed by atoms with E-state index in [1.807, 2.05) is 0 Å². The standard InChI is InChI=1S/C11H16N2O5/c1-6-4-13(10(16)12-9(6)15)8-3-11(2,17)7(5-14)18-8/h4,7-8,14,17H,3,5H2,1-2H3,(H,12,15,16)/t7-,8-,11+/m1/s1. The average molecular weight is 256 g/mol. The van der Waals surface area contributed by atoms with Crippen LogP contribution in [0, 0.1) is 6.92 Å². The zero-order valence-corrected chi connectivity index (χ0v) is 10.2. The molecule has 0 spiro atoms. The van der Waals surface area contributed by atoms with Crippen molar-refractivity contribution in [3.05, 3.63) is 32.6 Å². The van der Waals surface area contributed by atoms with Gasteiger partial charge in [0.15, 0.2) is 0 Å². The fraction of sp³-hybridized carbons (Fsp3) is 0.636. The number of H-pyrrole nitrogens is 1. The monoisotopic (exact) mass is 256 g/mol. The van der Waals surface area contributed by atoms with Crippen LogP contribution < -0.4 is 11.2 Å². The molecule has 0 unspecified atom stereocenters. The van der Waals surface area contributed by atoms with Gasteiger partial charge >= 0.3 is 5.69 Å². The largest absolute Gasteiger partial charge is 0.394 e. The summed E-state index contributed by atoms with van der Waals surface area (Å²) in [4.78, 5) is 25.1. The number of aliphatic hydroxyl groups is 2. The summed E-state index contributed by atoms with van der Waals surface area (Å²) in [5.41, 5.74) is -1.86. The third-order valence-electron chi connectivity index (χ3n) is 3.22. The summed E-state index contributed by atoms with van der Waals surface area (Å²) < 4.78 is 6.65. The van der Waals surface area contributed by atoms with Crippen LogP contribution in [0.1, 0.15) is 25.1 Å². The summed E-state index contributed by atoms with van der Waals surface area (Å²) in [5, 5.41) is 19.1. The lowest BCUT2D eigenvalue weighted by Crippen LogP contribution is -2.37. The van der Waals surface area contributed by atoms with E-state index in [2.05, 4.69) is 4.98 Å². The van der Waals surface area contributed by atoms with Crippen LogP contribution in [0.3, 0.4) is 0 Å². The number of nitrogens with zero attached hydrogens (tertiary/aromatic N) is 1. The maximum absolute atomic E-state index is 11.7. The van der Waals surface area contributed by atoms with Crippen LogP contribution >= 0.6 is 0 Å². The van der Waals surface area contributed by atoms with E-state index in [9.17, 15) is 14.7 Å². The second kappa shape index (κ2) is 4.34. The van der Waals surface area contributed by atoms with Gasteiger partial charge in [-0.1, -0.05) is 0 Å². The minimum Gasteiger partial charge on any atom is -0.394 e. The van der Waals surface area contributed by atoms with E-state index in [4.69, 9.17) is 9.84 Å². The first-order valence-corrected chi connectivity index (χ1v) is 5.66. The predicted octanol–water partition coefficient (Wildman–Crippen LogP) is -1.12. The summed E-state index contributed by atoms with van der Waals surface area (Å²) in [6.07, 6.45) is 0.118. The lowest BCUT2D eigenvalue weighted by atomic mass is 9.98. The minimum atomic E-state index is -1.21. The number of aryl methyl sites for hydroxylation is 1. The SMILES string of the molecule is Cc1cn([C@H]2C[C@](C)(O)[C@@H](CO)O2)c(=O)[nH]c1=O. The molecule has 1 fully saturated rings. The fourth-order valence-corrected chi connectivity index (χ4v) is 2.07. The molecular formula is C11H16N2O5. The molecular weight excluding hydrogens is 240 g/mol. The molecule has 1 aromatic rings. The number of aliphatic hydroxyl groups excluding tert-OH is 1. The summed E-state index contributed by atoms with van der Waals surface area (Å²) in [6, 6.07) is 0. The maximum atomic E-state index is 11.7. The number of hydrogen-bond donors (Lipinski definition) is 3. The van der Waals surface area contributed by atoms with Crippen molar-refractivity contribution in [1.82, 2.24) is 9.55 Å². The number of nitrogens with one attached hydrogen (secondary N) is 1. The molecule has 1 aliphatic heterocycles. The van der Waals surface area contributed by atoms with Crippen molar-refractivity contribution in [1.29, 1.82) is 0 Å². The highest BCUT2D eigenvalue weighted by Crippen LogP contribution is 2.35. The third-order valence-corrected chi connectivity index (χ3v) is 3.22. The normalized spacial score (nSPS) is 31.8. The molecule has 0 radical (unpaired) electrons. The molecule has 0 aliphatic carbocycles. The Bertz CT molecular complexity index is 559. The van der Waals surface area contributed by atoms with Gasteiger partial charge in [-0.05, 0) is 13.8 Å². The van der Waals surface area contributed by atoms with Crippen molar-refractivity contribution in [2.75, 3.05) is 6.61 Å². The second-order valence-electron chi connectivity index (χ2n) is 4.80. The van der Waals surface area contributed by atoms with Crippen LogP contribution in [0.2, 0.25) is 0 Å². The van der Waals surface area contributed by atoms with E-state index in [-0.39, 0.29) is 13.0 Å². The smallest absolute Gasteiger partial charge is 0.330 e. The highest BCUT2D eigenvalue weighted by molar-refractivity contribution is 5.03. The molecule has 3 N–H and O–H groups in total. The van der Waals surface area contributed by atoms with Crippen LogP contribution in [0.25, 0.3) is 0 Å². The molecule has 0 amide bonds. The summed E-state index contributed by atoms with van der Waals surface area (Å²) in [6.45, 7) is 2.78. The van der Waals surface area contributed by atoms with Gasteiger partial charge in [-0.25, -0.2) is 4.79 Å². The molecule has 3 atom stereocenters. The maximum Gasteiger partial charge on any atom is 0.330 e. The first-order valence-electron chi connectivity index (χ1n) is 5.66. The van der Waals surface area contributed by atoms with E-state index >= 15 is 0 Å². The number of rotatable bonds is 2. The van der Waals surface area contributed by atoms with Gasteiger partial charge in [0.25, 0.3) is 5.56 Å². The lowest BCUT2D eigenvalue weighted by Gasteiger charge is -2.20. The van der Waals surface area contributed by atoms with E-state index in [0.717, 1.165) is 0 Å². The van der Waals surface area contributed by atoms with Crippen LogP contribution in [0.15, 0.2) is 15.8 Å². The molecule has 2 rings (SSSR count). The van der Waals surface area contributed by atoms with Crippen molar-refractivity contribution in [2.45, 2.75) is 38.2 Å². The molecule has 7 nitrogen and oxygen atoms in total. The van der Waals surface area contributed by atoms with E-state index in [0.29, 0.717) is 5.56 Å². The van der Waals surface area contributed by atoms with Gasteiger partial charge in [-0.3, -0.25) is 14.3 Å². The van der Waals surface area contributed by atoms with Crippen molar-refractivity contribution in [3.63, 3.8) is 0 Å². The Labute approximate surface area is 103 Å². The summed E-state index contributed by atoms with van der Waals surface area (Å²) in [5.74, 6) is 0. The molecule has 1 aromatic heterocycles. The summed E-state index contributed by atoms with van der Waals surface area (Å²) >= 11 is 0. The van der Waals surface area contributed by atoms with Crippen molar-refractivity contribution < 1.29 is 14.9 Å². The van der Waals surface area contributed by atoms with Gasteiger partial charge in [0.1, 0.15) is 12.3 Å². The average Bonchev–Trinajstić information content (AvgIpc) is 2.58. The highest BCUT2D eigenvalue weighted by Gasteiger charge is 2.44. The first-order chi connectivity index (χ1) is 8.35. The van der Waals surface area contributed by atoms with Gasteiger partial charge in [0.05, 0.1) is 12.2 Å². The molecule has 0 aromatic carbocycles. The van der Waals surface area contributed by atoms with Gasteiger partial charge in [0.2, 0.25) is 0 Å². The van der Waals surface area contributed by atoms with E-state index in [1.165, 1.54) is 17.7 Å². The van der Waals surface area contributed by atoms with Gasteiger partial charge < -0.3 is 14.9 Å². The van der Waals surface area contributed by atoms with Crippen molar-refractivity contribution in [3.8, 4) is 0 Å². The Morgan fingerprint density at radius 3 is 2.83 bits per heavy atom. The van der Waals surface area contributed by atoms with Crippen LogP contribution in [-0.4, -0.2) is 38.1 Å². The Kier molecular flexibility index (Phi) is 3.14. The highest BCUT2D eigenvalue weighted by atomic mass is 16.5. The topological polar surface area (TPSA) is 105 Å². The van der Waals surface area contributed by atoms with E-state index < -0.39 is 29.2 Å². The Balaban J connectivity index is 2.38. The Morgan fingerprint density at radius 1 is 1.61 bits per heavy atom. The number of aromatic amines is 1.